The van der Waals surface area contributed by atoms with Crippen molar-refractivity contribution in [1.82, 2.24) is 5.32 Å². The van der Waals surface area contributed by atoms with Crippen LogP contribution in [-0.2, 0) is 6.54 Å². The third kappa shape index (κ3) is 3.40. The molecule has 0 amide bonds. The Labute approximate surface area is 176 Å². The SMILES string of the molecule is CC(C)(C)[C@@H](Nc1c(Nc2ccc(F)c3c2C(O)NC3)c(=O)c1=O)c1ccc(Cl)o1. The molecule has 2 heterocycles. The fourth-order valence-electron chi connectivity index (χ4n) is 3.67. The lowest BCUT2D eigenvalue weighted by Crippen LogP contribution is -2.39. The van der Waals surface area contributed by atoms with Crippen LogP contribution in [0.5, 0.6) is 0 Å². The molecule has 1 unspecified atom stereocenters. The Morgan fingerprint density at radius 3 is 2.53 bits per heavy atom. The summed E-state index contributed by atoms with van der Waals surface area (Å²) in [6, 6.07) is 5.55. The largest absolute Gasteiger partial charge is 0.447 e. The van der Waals surface area contributed by atoms with E-state index in [2.05, 4.69) is 16.0 Å². The van der Waals surface area contributed by atoms with Crippen molar-refractivity contribution in [1.29, 1.82) is 0 Å². The molecular formula is C21H21ClFN3O4. The second-order valence-electron chi connectivity index (χ2n) is 8.39. The second-order valence-corrected chi connectivity index (χ2v) is 8.76. The number of hydrogen-bond acceptors (Lipinski definition) is 7. The summed E-state index contributed by atoms with van der Waals surface area (Å²) >= 11 is 5.91. The maximum Gasteiger partial charge on any atom is 0.253 e. The molecule has 0 radical (unpaired) electrons. The first-order valence-electron chi connectivity index (χ1n) is 9.42. The minimum atomic E-state index is -1.08. The van der Waals surface area contributed by atoms with E-state index >= 15 is 0 Å². The third-order valence-corrected chi connectivity index (χ3v) is 5.45. The Kier molecular flexibility index (Phi) is 4.96. The molecule has 9 heteroatoms. The van der Waals surface area contributed by atoms with Crippen molar-refractivity contribution in [2.24, 2.45) is 5.41 Å². The molecule has 4 rings (SSSR count). The Hall–Kier alpha value is -2.68. The molecule has 0 spiro atoms. The molecule has 2 aromatic carbocycles. The zero-order chi connectivity index (χ0) is 21.8. The van der Waals surface area contributed by atoms with E-state index in [0.29, 0.717) is 22.6 Å². The first-order valence-corrected chi connectivity index (χ1v) is 9.80. The zero-order valence-corrected chi connectivity index (χ0v) is 17.4. The maximum atomic E-state index is 14.0. The van der Waals surface area contributed by atoms with E-state index in [1.54, 1.807) is 12.1 Å². The molecular weight excluding hydrogens is 413 g/mol. The average Bonchev–Trinajstić information content (AvgIpc) is 3.28. The van der Waals surface area contributed by atoms with Crippen molar-refractivity contribution in [2.75, 3.05) is 10.6 Å². The molecule has 2 atom stereocenters. The topological polar surface area (TPSA) is 104 Å². The predicted octanol–water partition coefficient (Wildman–Crippen LogP) is 3.71. The van der Waals surface area contributed by atoms with Gasteiger partial charge in [-0.25, -0.2) is 4.39 Å². The van der Waals surface area contributed by atoms with Gasteiger partial charge in [0.2, 0.25) is 0 Å². The Balaban J connectivity index is 1.69. The normalized spacial score (nSPS) is 17.2. The summed E-state index contributed by atoms with van der Waals surface area (Å²) in [7, 11) is 0. The molecule has 0 saturated heterocycles. The van der Waals surface area contributed by atoms with Crippen molar-refractivity contribution in [3.63, 3.8) is 0 Å². The molecule has 3 aromatic rings. The Morgan fingerprint density at radius 2 is 1.90 bits per heavy atom. The van der Waals surface area contributed by atoms with Crippen molar-refractivity contribution in [2.45, 2.75) is 39.6 Å². The first kappa shape index (κ1) is 20.6. The highest BCUT2D eigenvalue weighted by Crippen LogP contribution is 2.39. The number of fused-ring (bicyclic) bond motifs is 1. The summed E-state index contributed by atoms with van der Waals surface area (Å²) in [6.45, 7) is 6.03. The van der Waals surface area contributed by atoms with E-state index in [9.17, 15) is 19.1 Å². The summed E-state index contributed by atoms with van der Waals surface area (Å²) in [6.07, 6.45) is -1.08. The summed E-state index contributed by atoms with van der Waals surface area (Å²) in [5.74, 6) is 0.0687. The van der Waals surface area contributed by atoms with Crippen LogP contribution < -0.4 is 26.8 Å². The van der Waals surface area contributed by atoms with Crippen LogP contribution in [0.2, 0.25) is 5.22 Å². The second kappa shape index (κ2) is 7.23. The van der Waals surface area contributed by atoms with Crippen LogP contribution in [0.3, 0.4) is 0 Å². The Bertz CT molecular complexity index is 1190. The molecule has 0 aliphatic carbocycles. The van der Waals surface area contributed by atoms with Gasteiger partial charge in [0.25, 0.3) is 10.9 Å². The minimum Gasteiger partial charge on any atom is -0.447 e. The van der Waals surface area contributed by atoms with Crippen LogP contribution in [0.4, 0.5) is 21.5 Å². The highest BCUT2D eigenvalue weighted by molar-refractivity contribution is 6.28. The standard InChI is InChI=1S/C21H21ClFN3O4/c1-21(2,3)19(12-6-7-13(22)30-12)26-16-15(17(27)18(16)28)25-11-5-4-10(23)9-8-24-20(29)14(9)11/h4-7,19-20,24-26,29H,8H2,1-3H3/t19-,20?/m0/s1. The highest BCUT2D eigenvalue weighted by atomic mass is 35.5. The van der Waals surface area contributed by atoms with E-state index in [4.69, 9.17) is 16.0 Å². The molecule has 0 saturated carbocycles. The van der Waals surface area contributed by atoms with Gasteiger partial charge in [0.05, 0.1) is 6.04 Å². The van der Waals surface area contributed by atoms with E-state index < -0.39 is 28.9 Å². The monoisotopic (exact) mass is 433 g/mol. The van der Waals surface area contributed by atoms with Gasteiger partial charge in [-0.3, -0.25) is 14.9 Å². The number of hydrogen-bond donors (Lipinski definition) is 4. The van der Waals surface area contributed by atoms with Gasteiger partial charge >= 0.3 is 0 Å². The quantitative estimate of drug-likeness (QED) is 0.455. The molecule has 0 bridgehead atoms. The summed E-state index contributed by atoms with van der Waals surface area (Å²) in [5.41, 5.74) is -0.589. The lowest BCUT2D eigenvalue weighted by Gasteiger charge is -2.31. The predicted molar refractivity (Wildman–Crippen MR) is 112 cm³/mol. The van der Waals surface area contributed by atoms with Gasteiger partial charge in [-0.2, -0.15) is 0 Å². The van der Waals surface area contributed by atoms with E-state index in [1.807, 2.05) is 20.8 Å². The first-order chi connectivity index (χ1) is 14.1. The molecule has 1 aliphatic rings. The lowest BCUT2D eigenvalue weighted by molar-refractivity contribution is 0.152. The zero-order valence-electron chi connectivity index (χ0n) is 16.6. The van der Waals surface area contributed by atoms with Crippen LogP contribution in [0.25, 0.3) is 0 Å². The van der Waals surface area contributed by atoms with Gasteiger partial charge in [-0.15, -0.1) is 0 Å². The van der Waals surface area contributed by atoms with Gasteiger partial charge in [0.15, 0.2) is 5.22 Å². The fraction of sp³-hybridized carbons (Fsp3) is 0.333. The van der Waals surface area contributed by atoms with Crippen molar-refractivity contribution in [3.05, 3.63) is 72.6 Å². The number of aliphatic hydroxyl groups excluding tert-OH is 1. The molecule has 1 aliphatic heterocycles. The molecule has 30 heavy (non-hydrogen) atoms. The molecule has 158 valence electrons. The average molecular weight is 434 g/mol. The van der Waals surface area contributed by atoms with Gasteiger partial charge in [-0.05, 0) is 41.3 Å². The van der Waals surface area contributed by atoms with Crippen molar-refractivity contribution in [3.8, 4) is 0 Å². The maximum absolute atomic E-state index is 14.0. The van der Waals surface area contributed by atoms with Gasteiger partial charge in [0, 0.05) is 23.4 Å². The van der Waals surface area contributed by atoms with E-state index in [0.717, 1.165) is 0 Å². The number of halogens is 2. The smallest absolute Gasteiger partial charge is 0.253 e. The number of benzene rings is 1. The molecule has 1 aromatic heterocycles. The number of nitrogens with one attached hydrogen (secondary N) is 3. The third-order valence-electron chi connectivity index (χ3n) is 5.25. The number of aliphatic hydroxyl groups is 1. The van der Waals surface area contributed by atoms with Gasteiger partial charge in [-0.1, -0.05) is 20.8 Å². The van der Waals surface area contributed by atoms with E-state index in [-0.39, 0.29) is 28.6 Å². The number of furan rings is 1. The van der Waals surface area contributed by atoms with Crippen LogP contribution in [0.1, 0.15) is 49.9 Å². The van der Waals surface area contributed by atoms with Crippen LogP contribution >= 0.6 is 11.6 Å². The number of rotatable bonds is 5. The van der Waals surface area contributed by atoms with Crippen molar-refractivity contribution < 1.29 is 13.9 Å². The summed E-state index contributed by atoms with van der Waals surface area (Å²) < 4.78 is 19.6. The fourth-order valence-corrected chi connectivity index (χ4v) is 3.82. The summed E-state index contributed by atoms with van der Waals surface area (Å²) in [5, 5.41) is 19.1. The molecule has 7 nitrogen and oxygen atoms in total. The minimum absolute atomic E-state index is 0.0554. The molecule has 0 fully saturated rings. The number of anilines is 3. The van der Waals surface area contributed by atoms with Crippen LogP contribution in [-0.4, -0.2) is 5.11 Å². The molecule has 4 N–H and O–H groups in total. The van der Waals surface area contributed by atoms with Crippen LogP contribution in [0, 0.1) is 11.2 Å². The van der Waals surface area contributed by atoms with Gasteiger partial charge < -0.3 is 20.2 Å². The van der Waals surface area contributed by atoms with Crippen LogP contribution in [0.15, 0.2) is 38.3 Å². The van der Waals surface area contributed by atoms with E-state index in [1.165, 1.54) is 12.1 Å². The van der Waals surface area contributed by atoms with Gasteiger partial charge in [0.1, 0.15) is 29.2 Å². The summed E-state index contributed by atoms with van der Waals surface area (Å²) in [4.78, 5) is 24.6. The van der Waals surface area contributed by atoms with Crippen molar-refractivity contribution >= 4 is 28.7 Å². The highest BCUT2D eigenvalue weighted by Gasteiger charge is 2.34. The Morgan fingerprint density at radius 1 is 1.20 bits per heavy atom. The lowest BCUT2D eigenvalue weighted by atomic mass is 9.85.